The van der Waals surface area contributed by atoms with Crippen LogP contribution in [0.2, 0.25) is 5.02 Å². The lowest BCUT2D eigenvalue weighted by atomic mass is 9.71. The van der Waals surface area contributed by atoms with Crippen molar-refractivity contribution in [2.24, 2.45) is 5.41 Å². The van der Waals surface area contributed by atoms with Gasteiger partial charge in [0.1, 0.15) is 11.9 Å². The van der Waals surface area contributed by atoms with Gasteiger partial charge in [0, 0.05) is 17.1 Å². The van der Waals surface area contributed by atoms with E-state index in [4.69, 9.17) is 16.3 Å². The Morgan fingerprint density at radius 1 is 1.18 bits per heavy atom. The average molecular weight is 567 g/mol. The fraction of sp³-hybridized carbons (Fsp3) is 0.448. The maximum Gasteiger partial charge on any atom is 0.303 e. The molecule has 1 aliphatic heterocycles. The van der Waals surface area contributed by atoms with Crippen molar-refractivity contribution in [3.8, 4) is 5.75 Å². The highest BCUT2D eigenvalue weighted by molar-refractivity contribution is 6.32. The van der Waals surface area contributed by atoms with E-state index in [-0.39, 0.29) is 17.9 Å². The highest BCUT2D eigenvalue weighted by Gasteiger charge is 2.37. The number of ether oxygens (including phenoxy) is 1. The van der Waals surface area contributed by atoms with Crippen LogP contribution in [0.1, 0.15) is 55.8 Å². The number of carboxylic acid groups (broad SMARTS) is 1. The zero-order valence-electron chi connectivity index (χ0n) is 21.7. The van der Waals surface area contributed by atoms with E-state index < -0.39 is 35.0 Å². The minimum Gasteiger partial charge on any atom is -0.497 e. The van der Waals surface area contributed by atoms with Crippen molar-refractivity contribution >= 4 is 28.5 Å². The number of aliphatic carboxylic acids is 1. The van der Waals surface area contributed by atoms with Gasteiger partial charge in [0.05, 0.1) is 24.1 Å². The summed E-state index contributed by atoms with van der Waals surface area (Å²) in [7, 11) is 1.52. The summed E-state index contributed by atoms with van der Waals surface area (Å²) >= 11 is 6.37. The van der Waals surface area contributed by atoms with Crippen LogP contribution in [0.3, 0.4) is 0 Å². The quantitative estimate of drug-likeness (QED) is 0.195. The Morgan fingerprint density at radius 3 is 2.51 bits per heavy atom. The molecule has 2 heterocycles. The van der Waals surface area contributed by atoms with Gasteiger partial charge in [-0.25, -0.2) is 17.6 Å². The molecule has 2 aromatic carbocycles. The lowest BCUT2D eigenvalue weighted by Crippen LogP contribution is -2.41. The minimum atomic E-state index is -1.47. The second-order valence-electron chi connectivity index (χ2n) is 10.3. The molecule has 0 amide bonds. The van der Waals surface area contributed by atoms with Crippen LogP contribution >= 0.6 is 11.6 Å². The first-order valence-electron chi connectivity index (χ1n) is 12.9. The number of nitrogens with zero attached hydrogens (tertiary/aromatic N) is 2. The zero-order valence-corrected chi connectivity index (χ0v) is 22.4. The third kappa shape index (κ3) is 7.00. The molecule has 1 fully saturated rings. The Labute approximate surface area is 229 Å². The number of rotatable bonds is 11. The van der Waals surface area contributed by atoms with Gasteiger partial charge in [-0.2, -0.15) is 0 Å². The van der Waals surface area contributed by atoms with Crippen molar-refractivity contribution in [1.82, 2.24) is 9.88 Å². The van der Waals surface area contributed by atoms with E-state index in [1.165, 1.54) is 13.3 Å². The van der Waals surface area contributed by atoms with Crippen LogP contribution in [0, 0.1) is 22.9 Å². The number of methoxy groups -OCH3 is 1. The molecule has 1 N–H and O–H groups in total. The molecule has 0 aliphatic carbocycles. The van der Waals surface area contributed by atoms with E-state index in [0.717, 1.165) is 12.1 Å². The normalized spacial score (nSPS) is 16.4. The third-order valence-electron chi connectivity index (χ3n) is 7.74. The predicted molar refractivity (Wildman–Crippen MR) is 141 cm³/mol. The molecule has 1 aliphatic rings. The summed E-state index contributed by atoms with van der Waals surface area (Å²) in [5.41, 5.74) is 0.760. The lowest BCUT2D eigenvalue weighted by molar-refractivity contribution is -0.141. The zero-order chi connectivity index (χ0) is 28.2. The number of hydrogen-bond donors (Lipinski definition) is 1. The van der Waals surface area contributed by atoms with Crippen molar-refractivity contribution < 1.29 is 32.2 Å². The van der Waals surface area contributed by atoms with Crippen molar-refractivity contribution in [2.45, 2.75) is 51.1 Å². The molecule has 5 nitrogen and oxygen atoms in total. The van der Waals surface area contributed by atoms with Gasteiger partial charge >= 0.3 is 5.97 Å². The molecule has 10 heteroatoms. The number of carbonyl (C=O) groups is 1. The predicted octanol–water partition coefficient (Wildman–Crippen LogP) is 7.29. The molecule has 4 rings (SSSR count). The highest BCUT2D eigenvalue weighted by Crippen LogP contribution is 2.44. The van der Waals surface area contributed by atoms with Gasteiger partial charge in [0.25, 0.3) is 0 Å². The number of alkyl halides is 1. The summed E-state index contributed by atoms with van der Waals surface area (Å²) in [5.74, 6) is -4.24. The van der Waals surface area contributed by atoms with Crippen LogP contribution in [0.15, 0.2) is 36.5 Å². The molecule has 0 saturated carbocycles. The van der Waals surface area contributed by atoms with Gasteiger partial charge in [-0.15, -0.1) is 0 Å². The summed E-state index contributed by atoms with van der Waals surface area (Å²) in [6, 6.07) is 7.20. The van der Waals surface area contributed by atoms with Gasteiger partial charge in [0.15, 0.2) is 17.5 Å². The molecular formula is C29H31ClF4N2O3. The lowest BCUT2D eigenvalue weighted by Gasteiger charge is -2.41. The van der Waals surface area contributed by atoms with Crippen molar-refractivity contribution in [1.29, 1.82) is 0 Å². The summed E-state index contributed by atoms with van der Waals surface area (Å²) < 4.78 is 61.1. The number of pyridine rings is 1. The summed E-state index contributed by atoms with van der Waals surface area (Å²) in [4.78, 5) is 18.2. The number of hydrogen-bond acceptors (Lipinski definition) is 4. The SMILES string of the molecule is COc1ccc2ncc(Cl)c([C@@H](F)CCC3(CC(=O)O)CCN(CCCc4cc(F)c(F)c(F)c4)CC3)c2c1. The Balaban J connectivity index is 1.38. The first kappa shape index (κ1) is 29.1. The minimum absolute atomic E-state index is 0.0552. The van der Waals surface area contributed by atoms with E-state index >= 15 is 4.39 Å². The van der Waals surface area contributed by atoms with Gasteiger partial charge in [-0.3, -0.25) is 9.78 Å². The second kappa shape index (κ2) is 12.5. The van der Waals surface area contributed by atoms with E-state index in [2.05, 4.69) is 9.88 Å². The Kier molecular flexibility index (Phi) is 9.33. The molecule has 39 heavy (non-hydrogen) atoms. The van der Waals surface area contributed by atoms with Crippen LogP contribution in [0.4, 0.5) is 17.6 Å². The third-order valence-corrected chi connectivity index (χ3v) is 8.04. The van der Waals surface area contributed by atoms with Gasteiger partial charge in [0.2, 0.25) is 0 Å². The van der Waals surface area contributed by atoms with E-state index in [0.29, 0.717) is 79.5 Å². The van der Waals surface area contributed by atoms with E-state index in [1.54, 1.807) is 18.2 Å². The van der Waals surface area contributed by atoms with Gasteiger partial charge in [-0.05, 0) is 99.5 Å². The monoisotopic (exact) mass is 566 g/mol. The number of aryl methyl sites for hydroxylation is 1. The fourth-order valence-electron chi connectivity index (χ4n) is 5.54. The largest absolute Gasteiger partial charge is 0.497 e. The number of piperidine rings is 1. The molecule has 1 saturated heterocycles. The molecule has 0 spiro atoms. The average Bonchev–Trinajstić information content (AvgIpc) is 2.90. The molecule has 0 bridgehead atoms. The standard InChI is InChI=1S/C29H31ClF4N2O3/c1-39-19-4-5-25-20(15-19)27(21(30)17-35-25)22(31)6-7-29(16-26(37)38)8-11-36(12-9-29)10-2-3-18-13-23(32)28(34)24(33)14-18/h4-5,13-15,17,22H,2-3,6-12,16H2,1H3,(H,37,38)/t22-/m0/s1. The number of fused-ring (bicyclic) bond motifs is 1. The Hall–Kier alpha value is -2.91. The maximum atomic E-state index is 15.7. The molecule has 3 aromatic rings. The van der Waals surface area contributed by atoms with Crippen LogP contribution in [-0.2, 0) is 11.2 Å². The van der Waals surface area contributed by atoms with Crippen LogP contribution in [0.5, 0.6) is 5.75 Å². The Morgan fingerprint density at radius 2 is 1.87 bits per heavy atom. The Bertz CT molecular complexity index is 1310. The van der Waals surface area contributed by atoms with Crippen LogP contribution in [0.25, 0.3) is 10.9 Å². The summed E-state index contributed by atoms with van der Waals surface area (Å²) in [5, 5.41) is 10.4. The van der Waals surface area contributed by atoms with Crippen molar-refractivity contribution in [3.05, 3.63) is 70.1 Å². The van der Waals surface area contributed by atoms with E-state index in [9.17, 15) is 23.1 Å². The molecule has 1 aromatic heterocycles. The maximum absolute atomic E-state index is 15.7. The van der Waals surface area contributed by atoms with Crippen molar-refractivity contribution in [2.75, 3.05) is 26.7 Å². The summed E-state index contributed by atoms with van der Waals surface area (Å²) in [6.07, 6.45) is 2.64. The topological polar surface area (TPSA) is 62.7 Å². The van der Waals surface area contributed by atoms with Crippen molar-refractivity contribution in [3.63, 3.8) is 0 Å². The van der Waals surface area contributed by atoms with Gasteiger partial charge < -0.3 is 14.7 Å². The van der Waals surface area contributed by atoms with Gasteiger partial charge in [-0.1, -0.05) is 11.6 Å². The number of benzene rings is 2. The molecule has 0 unspecified atom stereocenters. The number of halogens is 5. The smallest absolute Gasteiger partial charge is 0.303 e. The molecular weight excluding hydrogens is 536 g/mol. The summed E-state index contributed by atoms with van der Waals surface area (Å²) in [6.45, 7) is 1.91. The number of aromatic nitrogens is 1. The molecule has 1 atom stereocenters. The number of likely N-dealkylation sites (tertiary alicyclic amines) is 1. The van der Waals surface area contributed by atoms with Crippen LogP contribution in [-0.4, -0.2) is 47.7 Å². The van der Waals surface area contributed by atoms with Crippen LogP contribution < -0.4 is 4.74 Å². The molecule has 0 radical (unpaired) electrons. The first-order chi connectivity index (χ1) is 18.6. The highest BCUT2D eigenvalue weighted by atomic mass is 35.5. The second-order valence-corrected chi connectivity index (χ2v) is 10.7. The number of carboxylic acids is 1. The molecule has 210 valence electrons. The van der Waals surface area contributed by atoms with E-state index in [1.807, 2.05) is 0 Å². The first-order valence-corrected chi connectivity index (χ1v) is 13.3. The fourth-order valence-corrected chi connectivity index (χ4v) is 5.81.